The molecule has 0 aliphatic carbocycles. The van der Waals surface area contributed by atoms with E-state index in [1.807, 2.05) is 30.3 Å². The summed E-state index contributed by atoms with van der Waals surface area (Å²) in [5, 5.41) is 3.43. The Labute approximate surface area is 202 Å². The zero-order valence-corrected chi connectivity index (χ0v) is 21.1. The van der Waals surface area contributed by atoms with Crippen LogP contribution in [0.3, 0.4) is 0 Å². The second-order valence-electron chi connectivity index (χ2n) is 7.04. The van der Waals surface area contributed by atoms with Gasteiger partial charge in [0.25, 0.3) is 0 Å². The zero-order chi connectivity index (χ0) is 21.3. The number of nitrogens with zero attached hydrogens (tertiary/aromatic N) is 3. The van der Waals surface area contributed by atoms with E-state index in [0.717, 1.165) is 61.5 Å². The van der Waals surface area contributed by atoms with Crippen LogP contribution in [0.25, 0.3) is 0 Å². The van der Waals surface area contributed by atoms with E-state index in [9.17, 15) is 0 Å². The Kier molecular flexibility index (Phi) is 10.0. The molecule has 3 rings (SSSR count). The lowest BCUT2D eigenvalue weighted by Gasteiger charge is -2.37. The number of rotatable bonds is 7. The van der Waals surface area contributed by atoms with Gasteiger partial charge in [-0.15, -0.1) is 24.0 Å². The molecule has 0 unspecified atom stereocenters. The molecule has 1 heterocycles. The van der Waals surface area contributed by atoms with Crippen molar-refractivity contribution in [3.05, 3.63) is 48.0 Å². The first-order valence-electron chi connectivity index (χ1n) is 10.3. The minimum Gasteiger partial charge on any atom is -0.497 e. The second-order valence-corrected chi connectivity index (χ2v) is 7.04. The van der Waals surface area contributed by atoms with Gasteiger partial charge in [0, 0.05) is 44.5 Å². The maximum Gasteiger partial charge on any atom is 0.194 e. The molecule has 2 aromatic rings. The first kappa shape index (κ1) is 24.9. The summed E-state index contributed by atoms with van der Waals surface area (Å²) >= 11 is 0. The predicted octanol–water partition coefficient (Wildman–Crippen LogP) is 3.62. The number of nitrogens with one attached hydrogen (secondary N) is 1. The number of halogens is 1. The van der Waals surface area contributed by atoms with Gasteiger partial charge in [0.15, 0.2) is 17.5 Å². The molecule has 1 aliphatic heterocycles. The molecule has 1 saturated heterocycles. The van der Waals surface area contributed by atoms with Crippen LogP contribution in [-0.2, 0) is 6.54 Å². The summed E-state index contributed by atoms with van der Waals surface area (Å²) in [7, 11) is 5.00. The molecule has 2 aromatic carbocycles. The lowest BCUT2D eigenvalue weighted by molar-refractivity contribution is 0.354. The lowest BCUT2D eigenvalue weighted by atomic mass is 10.2. The average Bonchev–Trinajstić information content (AvgIpc) is 2.81. The monoisotopic (exact) mass is 540 g/mol. The number of aliphatic imine (C=N–C) groups is 1. The minimum absolute atomic E-state index is 0. The molecule has 1 N–H and O–H groups in total. The summed E-state index contributed by atoms with van der Waals surface area (Å²) < 4.78 is 16.1. The summed E-state index contributed by atoms with van der Waals surface area (Å²) in [5.74, 6) is 3.28. The summed E-state index contributed by atoms with van der Waals surface area (Å²) in [5.41, 5.74) is 2.28. The first-order chi connectivity index (χ1) is 14.7. The Hall–Kier alpha value is -2.36. The van der Waals surface area contributed by atoms with Crippen LogP contribution in [0.5, 0.6) is 17.2 Å². The molecule has 31 heavy (non-hydrogen) atoms. The standard InChI is InChI=1S/C23H32N4O3.HI/c1-5-24-23(25-17-18-9-10-21(29-3)22(15-18)30-4)27-13-11-26(12-14-27)19-7-6-8-20(16-19)28-2;/h6-10,15-16H,5,11-14,17H2,1-4H3,(H,24,25);1H. The SMILES string of the molecule is CCNC(=NCc1ccc(OC)c(OC)c1)N1CCN(c2cccc(OC)c2)CC1.I. The van der Waals surface area contributed by atoms with Crippen molar-refractivity contribution in [2.45, 2.75) is 13.5 Å². The minimum atomic E-state index is 0. The topological polar surface area (TPSA) is 58.6 Å². The van der Waals surface area contributed by atoms with Crippen LogP contribution >= 0.6 is 24.0 Å². The van der Waals surface area contributed by atoms with Crippen molar-refractivity contribution in [1.82, 2.24) is 10.2 Å². The van der Waals surface area contributed by atoms with Crippen molar-refractivity contribution in [1.29, 1.82) is 0 Å². The molecule has 0 saturated carbocycles. The van der Waals surface area contributed by atoms with Crippen LogP contribution in [0.4, 0.5) is 5.69 Å². The van der Waals surface area contributed by atoms with Crippen molar-refractivity contribution in [3.8, 4) is 17.2 Å². The Morgan fingerprint density at radius 2 is 1.68 bits per heavy atom. The maximum atomic E-state index is 5.40. The van der Waals surface area contributed by atoms with Gasteiger partial charge in [-0.3, -0.25) is 0 Å². The van der Waals surface area contributed by atoms with Crippen molar-refractivity contribution >= 4 is 35.6 Å². The number of methoxy groups -OCH3 is 3. The van der Waals surface area contributed by atoms with Crippen molar-refractivity contribution in [3.63, 3.8) is 0 Å². The van der Waals surface area contributed by atoms with E-state index in [1.54, 1.807) is 21.3 Å². The number of hydrogen-bond acceptors (Lipinski definition) is 5. The molecule has 1 aliphatic rings. The fraction of sp³-hybridized carbons (Fsp3) is 0.435. The van der Waals surface area contributed by atoms with Gasteiger partial charge in [0.05, 0.1) is 27.9 Å². The van der Waals surface area contributed by atoms with E-state index >= 15 is 0 Å². The molecule has 0 aromatic heterocycles. The van der Waals surface area contributed by atoms with Gasteiger partial charge >= 0.3 is 0 Å². The number of guanidine groups is 1. The number of piperazine rings is 1. The Morgan fingerprint density at radius 1 is 0.935 bits per heavy atom. The van der Waals surface area contributed by atoms with Gasteiger partial charge in [-0.2, -0.15) is 0 Å². The fourth-order valence-electron chi connectivity index (χ4n) is 3.55. The number of anilines is 1. The van der Waals surface area contributed by atoms with Gasteiger partial charge < -0.3 is 29.3 Å². The maximum absolute atomic E-state index is 5.40. The van der Waals surface area contributed by atoms with Crippen LogP contribution in [0.15, 0.2) is 47.5 Å². The van der Waals surface area contributed by atoms with Crippen LogP contribution in [-0.4, -0.2) is 64.9 Å². The highest BCUT2D eigenvalue weighted by Crippen LogP contribution is 2.28. The largest absolute Gasteiger partial charge is 0.497 e. The van der Waals surface area contributed by atoms with Gasteiger partial charge in [-0.25, -0.2) is 4.99 Å². The third-order valence-corrected chi connectivity index (χ3v) is 5.19. The van der Waals surface area contributed by atoms with E-state index in [2.05, 4.69) is 34.2 Å². The normalized spacial score (nSPS) is 14.0. The molecule has 0 spiro atoms. The van der Waals surface area contributed by atoms with E-state index in [1.165, 1.54) is 5.69 Å². The van der Waals surface area contributed by atoms with Crippen molar-refractivity contribution in [2.24, 2.45) is 4.99 Å². The van der Waals surface area contributed by atoms with Crippen LogP contribution in [0, 0.1) is 0 Å². The Balaban J connectivity index is 0.00000341. The highest BCUT2D eigenvalue weighted by molar-refractivity contribution is 14.0. The van der Waals surface area contributed by atoms with E-state index in [0.29, 0.717) is 6.54 Å². The molecule has 1 fully saturated rings. The molecule has 0 atom stereocenters. The van der Waals surface area contributed by atoms with Gasteiger partial charge in [-0.05, 0) is 36.8 Å². The molecular weight excluding hydrogens is 507 g/mol. The van der Waals surface area contributed by atoms with Gasteiger partial charge in [0.1, 0.15) is 5.75 Å². The highest BCUT2D eigenvalue weighted by Gasteiger charge is 2.20. The van der Waals surface area contributed by atoms with Crippen LogP contribution < -0.4 is 24.4 Å². The summed E-state index contributed by atoms with van der Waals surface area (Å²) in [6.07, 6.45) is 0. The highest BCUT2D eigenvalue weighted by atomic mass is 127. The van der Waals surface area contributed by atoms with Crippen LogP contribution in [0.2, 0.25) is 0 Å². The molecule has 0 bridgehead atoms. The fourth-order valence-corrected chi connectivity index (χ4v) is 3.55. The van der Waals surface area contributed by atoms with Crippen molar-refractivity contribution in [2.75, 3.05) is 59.0 Å². The quantitative estimate of drug-likeness (QED) is 0.329. The average molecular weight is 540 g/mol. The first-order valence-corrected chi connectivity index (χ1v) is 10.3. The number of hydrogen-bond donors (Lipinski definition) is 1. The molecule has 0 amide bonds. The molecule has 0 radical (unpaired) electrons. The van der Waals surface area contributed by atoms with Crippen LogP contribution in [0.1, 0.15) is 12.5 Å². The third-order valence-electron chi connectivity index (χ3n) is 5.19. The smallest absolute Gasteiger partial charge is 0.194 e. The number of ether oxygens (including phenoxy) is 3. The van der Waals surface area contributed by atoms with Crippen molar-refractivity contribution < 1.29 is 14.2 Å². The van der Waals surface area contributed by atoms with E-state index in [4.69, 9.17) is 19.2 Å². The predicted molar refractivity (Wildman–Crippen MR) is 137 cm³/mol. The summed E-state index contributed by atoms with van der Waals surface area (Å²) in [4.78, 5) is 9.57. The van der Waals surface area contributed by atoms with Gasteiger partial charge in [0.2, 0.25) is 0 Å². The number of benzene rings is 2. The molecule has 7 nitrogen and oxygen atoms in total. The lowest BCUT2D eigenvalue weighted by Crippen LogP contribution is -2.52. The summed E-state index contributed by atoms with van der Waals surface area (Å²) in [6, 6.07) is 14.2. The second kappa shape index (κ2) is 12.5. The molecule has 8 heteroatoms. The zero-order valence-electron chi connectivity index (χ0n) is 18.8. The van der Waals surface area contributed by atoms with E-state index in [-0.39, 0.29) is 24.0 Å². The molecule has 170 valence electrons. The third kappa shape index (κ3) is 6.56. The van der Waals surface area contributed by atoms with E-state index < -0.39 is 0 Å². The Morgan fingerprint density at radius 3 is 2.32 bits per heavy atom. The summed E-state index contributed by atoms with van der Waals surface area (Å²) in [6.45, 7) is 7.21. The van der Waals surface area contributed by atoms with Gasteiger partial charge in [-0.1, -0.05) is 12.1 Å². The Bertz CT molecular complexity index is 854. The molecular formula is C23H33IN4O3.